The minimum Gasteiger partial charge on any atom is -0.497 e. The monoisotopic (exact) mass is 355 g/mol. The summed E-state index contributed by atoms with van der Waals surface area (Å²) in [5, 5.41) is 22.2. The number of aromatic nitrogens is 3. The number of nitro groups is 1. The van der Waals surface area contributed by atoms with E-state index in [1.807, 2.05) is 18.2 Å². The zero-order valence-corrected chi connectivity index (χ0v) is 13.9. The molecule has 0 spiro atoms. The number of nitrogens with zero attached hydrogens (tertiary/aromatic N) is 4. The zero-order chi connectivity index (χ0) is 17.8. The van der Waals surface area contributed by atoms with Crippen molar-refractivity contribution in [1.82, 2.24) is 14.9 Å². The van der Waals surface area contributed by atoms with Gasteiger partial charge in [-0.3, -0.25) is 10.1 Å². The van der Waals surface area contributed by atoms with Crippen molar-refractivity contribution in [2.45, 2.75) is 0 Å². The van der Waals surface area contributed by atoms with E-state index in [2.05, 4.69) is 15.3 Å². The van der Waals surface area contributed by atoms with E-state index in [4.69, 9.17) is 17.0 Å². The number of hydrogen-bond acceptors (Lipinski definition) is 6. The van der Waals surface area contributed by atoms with Gasteiger partial charge in [0, 0.05) is 11.6 Å². The number of nitro benzene ring substituents is 1. The molecule has 3 rings (SSSR count). The summed E-state index contributed by atoms with van der Waals surface area (Å²) in [6.07, 6.45) is 1.38. The molecule has 1 heterocycles. The topological polar surface area (TPSA) is 98.3 Å². The molecule has 0 aliphatic rings. The predicted octanol–water partition coefficient (Wildman–Crippen LogP) is 3.41. The van der Waals surface area contributed by atoms with Gasteiger partial charge in [-0.15, -0.1) is 0 Å². The van der Waals surface area contributed by atoms with E-state index in [9.17, 15) is 10.1 Å². The first-order valence-electron chi connectivity index (χ1n) is 7.20. The second-order valence-corrected chi connectivity index (χ2v) is 5.34. The Kier molecular flexibility index (Phi) is 4.66. The number of para-hydroxylation sites is 1. The summed E-state index contributed by atoms with van der Waals surface area (Å²) >= 11 is 5.20. The highest BCUT2D eigenvalue weighted by atomic mass is 32.1. The molecule has 0 fully saturated rings. The molecule has 8 nitrogen and oxygen atoms in total. The average molecular weight is 355 g/mol. The fourth-order valence-corrected chi connectivity index (χ4v) is 2.41. The van der Waals surface area contributed by atoms with Gasteiger partial charge in [-0.2, -0.15) is 14.9 Å². The Bertz CT molecular complexity index is 1010. The van der Waals surface area contributed by atoms with Gasteiger partial charge >= 0.3 is 0 Å². The molecular formula is C16H13N5O3S. The van der Waals surface area contributed by atoms with Crippen LogP contribution in [-0.2, 0) is 0 Å². The largest absolute Gasteiger partial charge is 0.497 e. The van der Waals surface area contributed by atoms with Crippen LogP contribution in [0.4, 0.5) is 5.69 Å². The summed E-state index contributed by atoms with van der Waals surface area (Å²) < 4.78 is 6.88. The number of aromatic amines is 1. The fraction of sp³-hybridized carbons (Fsp3) is 0.0625. The lowest BCUT2D eigenvalue weighted by atomic mass is 10.2. The van der Waals surface area contributed by atoms with Crippen LogP contribution in [-0.4, -0.2) is 33.1 Å². The average Bonchev–Trinajstić information content (AvgIpc) is 3.00. The van der Waals surface area contributed by atoms with Crippen molar-refractivity contribution in [3.63, 3.8) is 0 Å². The Balaban J connectivity index is 2.04. The van der Waals surface area contributed by atoms with Gasteiger partial charge in [0.1, 0.15) is 5.75 Å². The summed E-state index contributed by atoms with van der Waals surface area (Å²) in [6, 6.07) is 13.6. The Hall–Kier alpha value is -3.33. The van der Waals surface area contributed by atoms with Crippen LogP contribution in [0.25, 0.3) is 11.4 Å². The van der Waals surface area contributed by atoms with Crippen LogP contribution in [0.3, 0.4) is 0 Å². The van der Waals surface area contributed by atoms with Crippen LogP contribution >= 0.6 is 12.2 Å². The maximum atomic E-state index is 11.1. The lowest BCUT2D eigenvalue weighted by Gasteiger charge is -2.04. The molecule has 0 amide bonds. The molecule has 2 aromatic carbocycles. The molecule has 9 heteroatoms. The SMILES string of the molecule is COc1cccc(-c2n[nH]c(=S)n2/N=C/c2ccccc2[N+](=O)[O-])c1. The van der Waals surface area contributed by atoms with E-state index in [1.54, 1.807) is 31.4 Å². The van der Waals surface area contributed by atoms with Gasteiger partial charge in [-0.25, -0.2) is 5.10 Å². The highest BCUT2D eigenvalue weighted by Gasteiger charge is 2.12. The molecule has 126 valence electrons. The van der Waals surface area contributed by atoms with Crippen LogP contribution in [0.15, 0.2) is 53.6 Å². The van der Waals surface area contributed by atoms with Gasteiger partial charge in [0.2, 0.25) is 4.77 Å². The molecule has 25 heavy (non-hydrogen) atoms. The lowest BCUT2D eigenvalue weighted by molar-refractivity contribution is -0.385. The molecule has 1 aromatic heterocycles. The van der Waals surface area contributed by atoms with Gasteiger partial charge < -0.3 is 4.74 Å². The third-order valence-corrected chi connectivity index (χ3v) is 3.69. The van der Waals surface area contributed by atoms with Gasteiger partial charge in [0.15, 0.2) is 5.82 Å². The van der Waals surface area contributed by atoms with Crippen LogP contribution in [0.1, 0.15) is 5.56 Å². The number of rotatable bonds is 5. The predicted molar refractivity (Wildman–Crippen MR) is 95.5 cm³/mol. The molecule has 0 unspecified atom stereocenters. The van der Waals surface area contributed by atoms with Crippen molar-refractivity contribution in [2.24, 2.45) is 5.10 Å². The highest BCUT2D eigenvalue weighted by Crippen LogP contribution is 2.22. The summed E-state index contributed by atoms with van der Waals surface area (Å²) in [6.45, 7) is 0. The minimum absolute atomic E-state index is 0.0378. The molecule has 0 radical (unpaired) electrons. The van der Waals surface area contributed by atoms with E-state index < -0.39 is 4.92 Å². The molecule has 0 bridgehead atoms. The second-order valence-electron chi connectivity index (χ2n) is 4.96. The first-order chi connectivity index (χ1) is 12.1. The van der Waals surface area contributed by atoms with E-state index in [0.717, 1.165) is 5.56 Å². The van der Waals surface area contributed by atoms with Gasteiger partial charge in [-0.05, 0) is 30.4 Å². The van der Waals surface area contributed by atoms with E-state index >= 15 is 0 Å². The molecule has 0 saturated carbocycles. The smallest absolute Gasteiger partial charge is 0.278 e. The highest BCUT2D eigenvalue weighted by molar-refractivity contribution is 7.71. The number of methoxy groups -OCH3 is 1. The van der Waals surface area contributed by atoms with E-state index in [-0.39, 0.29) is 10.5 Å². The van der Waals surface area contributed by atoms with Crippen molar-refractivity contribution >= 4 is 24.1 Å². The normalized spacial score (nSPS) is 10.9. The fourth-order valence-electron chi connectivity index (χ4n) is 2.23. The third kappa shape index (κ3) is 3.45. The first kappa shape index (κ1) is 16.5. The van der Waals surface area contributed by atoms with Crippen molar-refractivity contribution in [2.75, 3.05) is 7.11 Å². The molecule has 1 N–H and O–H groups in total. The number of benzene rings is 2. The van der Waals surface area contributed by atoms with E-state index in [1.165, 1.54) is 17.0 Å². The zero-order valence-electron chi connectivity index (χ0n) is 13.1. The number of H-pyrrole nitrogens is 1. The van der Waals surface area contributed by atoms with Crippen LogP contribution in [0.2, 0.25) is 0 Å². The van der Waals surface area contributed by atoms with Crippen molar-refractivity contribution in [1.29, 1.82) is 0 Å². The molecular weight excluding hydrogens is 342 g/mol. The number of nitrogens with one attached hydrogen (secondary N) is 1. The van der Waals surface area contributed by atoms with Crippen molar-refractivity contribution in [3.05, 3.63) is 69.0 Å². The molecule has 0 aliphatic carbocycles. The van der Waals surface area contributed by atoms with Crippen LogP contribution in [0, 0.1) is 14.9 Å². The maximum absolute atomic E-state index is 11.1. The summed E-state index contributed by atoms with van der Waals surface area (Å²) in [4.78, 5) is 10.6. The number of hydrogen-bond donors (Lipinski definition) is 1. The molecule has 0 aliphatic heterocycles. The lowest BCUT2D eigenvalue weighted by Crippen LogP contribution is -1.98. The first-order valence-corrected chi connectivity index (χ1v) is 7.60. The quantitative estimate of drug-likeness (QED) is 0.327. The Labute approximate surface area is 147 Å². The van der Waals surface area contributed by atoms with Crippen LogP contribution < -0.4 is 4.74 Å². The van der Waals surface area contributed by atoms with Crippen molar-refractivity contribution in [3.8, 4) is 17.1 Å². The van der Waals surface area contributed by atoms with E-state index in [0.29, 0.717) is 17.1 Å². The molecule has 0 saturated heterocycles. The Morgan fingerprint density at radius 2 is 2.12 bits per heavy atom. The number of ether oxygens (including phenoxy) is 1. The van der Waals surface area contributed by atoms with Gasteiger partial charge in [0.25, 0.3) is 5.69 Å². The third-order valence-electron chi connectivity index (χ3n) is 3.42. The Morgan fingerprint density at radius 3 is 2.88 bits per heavy atom. The minimum atomic E-state index is -0.459. The molecule has 3 aromatic rings. The molecule has 0 atom stereocenters. The maximum Gasteiger partial charge on any atom is 0.278 e. The standard InChI is InChI=1S/C16H13N5O3S/c1-24-13-7-4-6-11(9-13)15-18-19-16(25)20(15)17-10-12-5-2-3-8-14(12)21(22)23/h2-10H,1H3,(H,19,25)/b17-10+. The summed E-state index contributed by atoms with van der Waals surface area (Å²) in [5.74, 6) is 1.14. The summed E-state index contributed by atoms with van der Waals surface area (Å²) in [5.41, 5.74) is 1.07. The summed E-state index contributed by atoms with van der Waals surface area (Å²) in [7, 11) is 1.57. The van der Waals surface area contributed by atoms with Gasteiger partial charge in [0.05, 0.1) is 23.8 Å². The van der Waals surface area contributed by atoms with Gasteiger partial charge in [-0.1, -0.05) is 24.3 Å². The Morgan fingerprint density at radius 1 is 1.32 bits per heavy atom. The van der Waals surface area contributed by atoms with Crippen LogP contribution in [0.5, 0.6) is 5.75 Å². The second kappa shape index (κ2) is 7.05. The van der Waals surface area contributed by atoms with Crippen molar-refractivity contribution < 1.29 is 9.66 Å².